The molecule has 1 atom stereocenters. The van der Waals surface area contributed by atoms with Crippen LogP contribution in [-0.2, 0) is 16.4 Å². The summed E-state index contributed by atoms with van der Waals surface area (Å²) >= 11 is 0. The van der Waals surface area contributed by atoms with Crippen LogP contribution >= 0.6 is 0 Å². The molecule has 132 valence electrons. The second-order valence-corrected chi connectivity index (χ2v) is 8.00. The Kier molecular flexibility index (Phi) is 4.43. The Bertz CT molecular complexity index is 924. The first kappa shape index (κ1) is 17.3. The van der Waals surface area contributed by atoms with E-state index in [4.69, 9.17) is 4.74 Å². The topological polar surface area (TPSA) is 75.7 Å². The molecular weight excluding hydrogens is 340 g/mol. The van der Waals surface area contributed by atoms with Crippen molar-refractivity contribution < 1.29 is 17.9 Å². The van der Waals surface area contributed by atoms with Crippen molar-refractivity contribution in [3.63, 3.8) is 0 Å². The van der Waals surface area contributed by atoms with Gasteiger partial charge >= 0.3 is 0 Å². The predicted molar refractivity (Wildman–Crippen MR) is 97.9 cm³/mol. The van der Waals surface area contributed by atoms with Gasteiger partial charge < -0.3 is 10.1 Å². The molecule has 3 rings (SSSR count). The van der Waals surface area contributed by atoms with Crippen molar-refractivity contribution in [3.05, 3.63) is 53.6 Å². The fourth-order valence-electron chi connectivity index (χ4n) is 3.15. The number of fused-ring (bicyclic) bond motifs is 1. The molecule has 0 radical (unpaired) electrons. The average Bonchev–Trinajstić information content (AvgIpc) is 2.89. The van der Waals surface area contributed by atoms with E-state index >= 15 is 0 Å². The van der Waals surface area contributed by atoms with E-state index in [0.717, 1.165) is 5.56 Å². The SMILES string of the molecule is COc1cccc(NC(=O)c2ccc3c(c2)C[C@@H](C)N3S(C)(=O)=O)c1. The zero-order valence-corrected chi connectivity index (χ0v) is 15.1. The molecule has 0 aromatic heterocycles. The van der Waals surface area contributed by atoms with Crippen LogP contribution in [0.4, 0.5) is 11.4 Å². The third-order valence-electron chi connectivity index (χ3n) is 4.18. The number of hydrogen-bond donors (Lipinski definition) is 1. The summed E-state index contributed by atoms with van der Waals surface area (Å²) in [5.74, 6) is 0.408. The van der Waals surface area contributed by atoms with Crippen LogP contribution in [0.1, 0.15) is 22.8 Å². The van der Waals surface area contributed by atoms with Gasteiger partial charge in [-0.2, -0.15) is 0 Å². The zero-order chi connectivity index (χ0) is 18.2. The fourth-order valence-corrected chi connectivity index (χ4v) is 4.42. The summed E-state index contributed by atoms with van der Waals surface area (Å²) in [6.07, 6.45) is 1.78. The highest BCUT2D eigenvalue weighted by atomic mass is 32.2. The number of carbonyl (C=O) groups is 1. The van der Waals surface area contributed by atoms with E-state index in [1.165, 1.54) is 10.6 Å². The molecule has 2 aromatic rings. The van der Waals surface area contributed by atoms with Gasteiger partial charge in [0.1, 0.15) is 5.75 Å². The van der Waals surface area contributed by atoms with Crippen molar-refractivity contribution in [2.75, 3.05) is 23.0 Å². The number of benzene rings is 2. The molecule has 1 aliphatic rings. The van der Waals surface area contributed by atoms with Gasteiger partial charge in [0, 0.05) is 23.4 Å². The van der Waals surface area contributed by atoms with Crippen LogP contribution in [0.25, 0.3) is 0 Å². The molecule has 0 saturated carbocycles. The average molecular weight is 360 g/mol. The number of amides is 1. The number of sulfonamides is 1. The largest absolute Gasteiger partial charge is 0.497 e. The number of carbonyl (C=O) groups excluding carboxylic acids is 1. The maximum atomic E-state index is 12.5. The molecule has 0 unspecified atom stereocenters. The molecule has 0 fully saturated rings. The number of anilines is 2. The Morgan fingerprint density at radius 3 is 2.68 bits per heavy atom. The number of rotatable bonds is 4. The molecule has 25 heavy (non-hydrogen) atoms. The zero-order valence-electron chi connectivity index (χ0n) is 14.3. The molecule has 6 nitrogen and oxygen atoms in total. The van der Waals surface area contributed by atoms with Gasteiger partial charge in [-0.25, -0.2) is 8.42 Å². The number of ether oxygens (including phenoxy) is 1. The van der Waals surface area contributed by atoms with Gasteiger partial charge in [-0.1, -0.05) is 6.07 Å². The summed E-state index contributed by atoms with van der Waals surface area (Å²) in [7, 11) is -1.77. The van der Waals surface area contributed by atoms with Crippen molar-refractivity contribution in [2.24, 2.45) is 0 Å². The minimum absolute atomic E-state index is 0.151. The summed E-state index contributed by atoms with van der Waals surface area (Å²) in [6.45, 7) is 1.86. The fraction of sp³-hybridized carbons (Fsp3) is 0.278. The van der Waals surface area contributed by atoms with Crippen LogP contribution in [-0.4, -0.2) is 33.7 Å². The van der Waals surface area contributed by atoms with Crippen LogP contribution in [0.15, 0.2) is 42.5 Å². The monoisotopic (exact) mass is 360 g/mol. The lowest BCUT2D eigenvalue weighted by Gasteiger charge is -2.21. The normalized spacial score (nSPS) is 16.4. The first-order valence-electron chi connectivity index (χ1n) is 7.87. The van der Waals surface area contributed by atoms with E-state index in [2.05, 4.69) is 5.32 Å². The summed E-state index contributed by atoms with van der Waals surface area (Å²) < 4.78 is 30.5. The van der Waals surface area contributed by atoms with Gasteiger partial charge in [0.2, 0.25) is 10.0 Å². The van der Waals surface area contributed by atoms with E-state index in [9.17, 15) is 13.2 Å². The number of nitrogens with one attached hydrogen (secondary N) is 1. The number of hydrogen-bond acceptors (Lipinski definition) is 4. The van der Waals surface area contributed by atoms with Crippen LogP contribution in [0.2, 0.25) is 0 Å². The molecule has 0 aliphatic carbocycles. The highest BCUT2D eigenvalue weighted by Crippen LogP contribution is 2.34. The van der Waals surface area contributed by atoms with Crippen molar-refractivity contribution in [2.45, 2.75) is 19.4 Å². The molecule has 7 heteroatoms. The van der Waals surface area contributed by atoms with E-state index in [0.29, 0.717) is 29.1 Å². The summed E-state index contributed by atoms with van der Waals surface area (Å²) in [5.41, 5.74) is 2.63. The van der Waals surface area contributed by atoms with Gasteiger partial charge in [-0.15, -0.1) is 0 Å². The summed E-state index contributed by atoms with van der Waals surface area (Å²) in [5, 5.41) is 2.83. The van der Waals surface area contributed by atoms with E-state index < -0.39 is 10.0 Å². The molecular formula is C18H20N2O4S. The lowest BCUT2D eigenvalue weighted by molar-refractivity contribution is 0.102. The minimum atomic E-state index is -3.34. The van der Waals surface area contributed by atoms with Crippen LogP contribution in [0, 0.1) is 0 Å². The Hall–Kier alpha value is -2.54. The summed E-state index contributed by atoms with van der Waals surface area (Å²) in [6, 6.07) is 12.0. The van der Waals surface area contributed by atoms with Crippen molar-refractivity contribution in [1.29, 1.82) is 0 Å². The Balaban J connectivity index is 1.85. The summed E-state index contributed by atoms with van der Waals surface area (Å²) in [4.78, 5) is 12.5. The Morgan fingerprint density at radius 2 is 2.00 bits per heavy atom. The molecule has 1 heterocycles. The predicted octanol–water partition coefficient (Wildman–Crippen LogP) is 2.66. The van der Waals surface area contributed by atoms with Gasteiger partial charge in [-0.05, 0) is 49.2 Å². The van der Waals surface area contributed by atoms with Gasteiger partial charge in [0.25, 0.3) is 5.91 Å². The number of methoxy groups -OCH3 is 1. The third kappa shape index (κ3) is 3.46. The maximum absolute atomic E-state index is 12.5. The van der Waals surface area contributed by atoms with Crippen molar-refractivity contribution in [3.8, 4) is 5.75 Å². The third-order valence-corrected chi connectivity index (χ3v) is 5.45. The quantitative estimate of drug-likeness (QED) is 0.909. The van der Waals surface area contributed by atoms with Crippen LogP contribution in [0.3, 0.4) is 0 Å². The van der Waals surface area contributed by atoms with Gasteiger partial charge in [-0.3, -0.25) is 9.10 Å². The Morgan fingerprint density at radius 1 is 1.24 bits per heavy atom. The molecule has 0 saturated heterocycles. The standard InChI is InChI=1S/C18H20N2O4S/c1-12-9-14-10-13(7-8-17(14)20(12)25(3,22)23)18(21)19-15-5-4-6-16(11-15)24-2/h4-8,10-12H,9H2,1-3H3,(H,19,21)/t12-/m1/s1. The molecule has 1 N–H and O–H groups in total. The highest BCUT2D eigenvalue weighted by Gasteiger charge is 2.32. The van der Waals surface area contributed by atoms with Gasteiger partial charge in [0.15, 0.2) is 0 Å². The lowest BCUT2D eigenvalue weighted by atomic mass is 10.1. The number of nitrogens with zero attached hydrogens (tertiary/aromatic N) is 1. The minimum Gasteiger partial charge on any atom is -0.497 e. The maximum Gasteiger partial charge on any atom is 0.255 e. The molecule has 1 amide bonds. The Labute approximate surface area is 147 Å². The van der Waals surface area contributed by atoms with Gasteiger partial charge in [0.05, 0.1) is 19.1 Å². The second-order valence-electron chi connectivity index (χ2n) is 6.14. The van der Waals surface area contributed by atoms with Crippen molar-refractivity contribution in [1.82, 2.24) is 0 Å². The first-order valence-corrected chi connectivity index (χ1v) is 9.72. The second kappa shape index (κ2) is 6.40. The highest BCUT2D eigenvalue weighted by molar-refractivity contribution is 7.92. The first-order chi connectivity index (χ1) is 11.8. The van der Waals surface area contributed by atoms with E-state index in [-0.39, 0.29) is 11.9 Å². The van der Waals surface area contributed by atoms with Crippen LogP contribution in [0.5, 0.6) is 5.75 Å². The van der Waals surface area contributed by atoms with E-state index in [1.807, 2.05) is 6.92 Å². The smallest absolute Gasteiger partial charge is 0.255 e. The lowest BCUT2D eigenvalue weighted by Crippen LogP contribution is -2.34. The molecule has 0 spiro atoms. The molecule has 1 aliphatic heterocycles. The molecule has 2 aromatic carbocycles. The van der Waals surface area contributed by atoms with Crippen molar-refractivity contribution >= 4 is 27.3 Å². The van der Waals surface area contributed by atoms with Crippen LogP contribution < -0.4 is 14.4 Å². The van der Waals surface area contributed by atoms with E-state index in [1.54, 1.807) is 49.6 Å². The molecule has 0 bridgehead atoms.